The molecule has 0 N–H and O–H groups in total. The third kappa shape index (κ3) is 5.56. The summed E-state index contributed by atoms with van der Waals surface area (Å²) >= 11 is 0. The zero-order chi connectivity index (χ0) is 34.1. The number of likely N-dealkylation sites (N-methyl/N-ethyl adjacent to an activating group) is 1. The third-order valence-electron chi connectivity index (χ3n) is 10.5. The molecule has 256 valence electrons. The fourth-order valence-electron chi connectivity index (χ4n) is 8.44. The van der Waals surface area contributed by atoms with E-state index >= 15 is 0 Å². The van der Waals surface area contributed by atoms with Gasteiger partial charge in [0.1, 0.15) is 0 Å². The standard InChI is InChI=1S/C36H48N2O9/c1-9-46-33(40)35(34(41)47-10-2)13-14-36(26-20-31(45-8)29(43-6)18-24(26)12-16-38(36)22(3)39)27(21-35)32-25-19-30(44-7)28(42-5)17-23(25)11-15-37(32)4/h17-20,27,32H,9-16,21H2,1-8H3. The Bertz CT molecular complexity index is 1510. The van der Waals surface area contributed by atoms with Crippen molar-refractivity contribution in [2.24, 2.45) is 11.3 Å². The maximum atomic E-state index is 14.0. The van der Waals surface area contributed by atoms with Crippen LogP contribution in [0.4, 0.5) is 0 Å². The number of ether oxygens (including phenoxy) is 6. The summed E-state index contributed by atoms with van der Waals surface area (Å²) in [6.45, 7) is 6.49. The minimum Gasteiger partial charge on any atom is -0.493 e. The van der Waals surface area contributed by atoms with Crippen LogP contribution in [0, 0.1) is 11.3 Å². The highest BCUT2D eigenvalue weighted by Gasteiger charge is 2.64. The molecule has 1 aliphatic carbocycles. The fraction of sp³-hybridized carbons (Fsp3) is 0.583. The lowest BCUT2D eigenvalue weighted by Crippen LogP contribution is -2.64. The quantitative estimate of drug-likeness (QED) is 0.284. The van der Waals surface area contributed by atoms with Gasteiger partial charge in [0, 0.05) is 32.0 Å². The Morgan fingerprint density at radius 1 is 0.766 bits per heavy atom. The predicted octanol–water partition coefficient (Wildman–Crippen LogP) is 4.46. The number of benzene rings is 2. The van der Waals surface area contributed by atoms with Crippen molar-refractivity contribution in [3.05, 3.63) is 46.5 Å². The summed E-state index contributed by atoms with van der Waals surface area (Å²) in [5, 5.41) is 0. The van der Waals surface area contributed by atoms with Crippen LogP contribution in [-0.2, 0) is 42.2 Å². The summed E-state index contributed by atoms with van der Waals surface area (Å²) in [4.78, 5) is 46.0. The summed E-state index contributed by atoms with van der Waals surface area (Å²) in [6.07, 6.45) is 1.96. The van der Waals surface area contributed by atoms with Gasteiger partial charge in [0.15, 0.2) is 28.4 Å². The highest BCUT2D eigenvalue weighted by Crippen LogP contribution is 2.61. The molecule has 1 saturated carbocycles. The van der Waals surface area contributed by atoms with E-state index in [0.717, 1.165) is 28.7 Å². The van der Waals surface area contributed by atoms with Crippen molar-refractivity contribution in [3.63, 3.8) is 0 Å². The monoisotopic (exact) mass is 652 g/mol. The first-order chi connectivity index (χ1) is 22.6. The second-order valence-corrected chi connectivity index (χ2v) is 12.6. The highest BCUT2D eigenvalue weighted by atomic mass is 16.6. The van der Waals surface area contributed by atoms with Gasteiger partial charge in [-0.15, -0.1) is 0 Å². The van der Waals surface area contributed by atoms with Crippen LogP contribution in [-0.4, -0.2) is 89.4 Å². The maximum Gasteiger partial charge on any atom is 0.323 e. The van der Waals surface area contributed by atoms with Crippen LogP contribution in [0.3, 0.4) is 0 Å². The van der Waals surface area contributed by atoms with E-state index in [9.17, 15) is 14.4 Å². The molecular formula is C36H48N2O9. The molecule has 11 nitrogen and oxygen atoms in total. The normalized spacial score (nSPS) is 23.3. The van der Waals surface area contributed by atoms with E-state index in [1.54, 1.807) is 49.2 Å². The van der Waals surface area contributed by atoms with Gasteiger partial charge >= 0.3 is 11.9 Å². The Morgan fingerprint density at radius 3 is 1.85 bits per heavy atom. The molecule has 2 aromatic carbocycles. The summed E-state index contributed by atoms with van der Waals surface area (Å²) in [7, 11) is 8.48. The Hall–Kier alpha value is -3.99. The molecule has 0 saturated heterocycles. The largest absolute Gasteiger partial charge is 0.493 e. The number of amides is 1. The smallest absolute Gasteiger partial charge is 0.323 e. The molecule has 1 spiro atoms. The maximum absolute atomic E-state index is 14.0. The number of methoxy groups -OCH3 is 4. The molecule has 3 aliphatic rings. The van der Waals surface area contributed by atoms with Crippen LogP contribution >= 0.6 is 0 Å². The second kappa shape index (κ2) is 13.6. The molecule has 47 heavy (non-hydrogen) atoms. The lowest BCUT2D eigenvalue weighted by molar-refractivity contribution is -0.184. The lowest BCUT2D eigenvalue weighted by Gasteiger charge is -2.60. The van der Waals surface area contributed by atoms with E-state index in [4.69, 9.17) is 28.4 Å². The van der Waals surface area contributed by atoms with Crippen LogP contribution in [0.25, 0.3) is 0 Å². The van der Waals surface area contributed by atoms with Gasteiger partial charge in [0.05, 0.1) is 47.2 Å². The summed E-state index contributed by atoms with van der Waals surface area (Å²) in [6, 6.07) is 7.66. The Morgan fingerprint density at radius 2 is 1.30 bits per heavy atom. The molecule has 2 heterocycles. The summed E-state index contributed by atoms with van der Waals surface area (Å²) < 4.78 is 34.2. The zero-order valence-electron chi connectivity index (χ0n) is 28.9. The Labute approximate surface area is 277 Å². The fourth-order valence-corrected chi connectivity index (χ4v) is 8.44. The number of fused-ring (bicyclic) bond motifs is 3. The highest BCUT2D eigenvalue weighted by molar-refractivity contribution is 6.00. The van der Waals surface area contributed by atoms with Crippen LogP contribution < -0.4 is 18.9 Å². The Kier molecular flexibility index (Phi) is 9.96. The van der Waals surface area contributed by atoms with Crippen LogP contribution in [0.5, 0.6) is 23.0 Å². The van der Waals surface area contributed by atoms with Crippen molar-refractivity contribution >= 4 is 17.8 Å². The van der Waals surface area contributed by atoms with Gasteiger partial charge in [-0.25, -0.2) is 0 Å². The molecule has 2 aromatic rings. The average molecular weight is 653 g/mol. The molecule has 5 rings (SSSR count). The van der Waals surface area contributed by atoms with Gasteiger partial charge in [-0.3, -0.25) is 19.3 Å². The molecule has 1 amide bonds. The van der Waals surface area contributed by atoms with Crippen molar-refractivity contribution < 1.29 is 42.8 Å². The number of carbonyl (C=O) groups is 3. The number of hydrogen-bond acceptors (Lipinski definition) is 10. The molecule has 1 fully saturated rings. The van der Waals surface area contributed by atoms with Crippen molar-refractivity contribution in [2.45, 2.75) is 64.5 Å². The van der Waals surface area contributed by atoms with Crippen LogP contribution in [0.1, 0.15) is 68.3 Å². The van der Waals surface area contributed by atoms with E-state index in [2.05, 4.69) is 11.9 Å². The van der Waals surface area contributed by atoms with Gasteiger partial charge in [0.25, 0.3) is 0 Å². The number of hydrogen-bond donors (Lipinski definition) is 0. The minimum absolute atomic E-state index is 0.0822. The topological polar surface area (TPSA) is 113 Å². The van der Waals surface area contributed by atoms with Crippen molar-refractivity contribution in [3.8, 4) is 23.0 Å². The van der Waals surface area contributed by atoms with Gasteiger partial charge in [-0.05, 0) is 99.5 Å². The number of nitrogens with zero attached hydrogens (tertiary/aromatic N) is 2. The number of rotatable bonds is 9. The SMILES string of the molecule is CCOC(=O)C1(C(=O)OCC)CCC2(c3cc(OC)c(OC)cc3CCN2C(C)=O)C(C2c3cc(OC)c(OC)cc3CCN2C)C1. The summed E-state index contributed by atoms with van der Waals surface area (Å²) in [5.74, 6) is 0.627. The van der Waals surface area contributed by atoms with Gasteiger partial charge < -0.3 is 33.3 Å². The molecule has 3 unspecified atom stereocenters. The molecule has 0 bridgehead atoms. The van der Waals surface area contributed by atoms with E-state index in [-0.39, 0.29) is 38.0 Å². The summed E-state index contributed by atoms with van der Waals surface area (Å²) in [5.41, 5.74) is 1.58. The average Bonchev–Trinajstić information content (AvgIpc) is 3.07. The number of esters is 2. The molecule has 2 aliphatic heterocycles. The molecule has 0 radical (unpaired) electrons. The van der Waals surface area contributed by atoms with Crippen molar-refractivity contribution in [1.82, 2.24) is 9.80 Å². The Balaban J connectivity index is 1.85. The number of carbonyl (C=O) groups excluding carboxylic acids is 3. The van der Waals surface area contributed by atoms with Gasteiger partial charge in [0.2, 0.25) is 5.91 Å². The van der Waals surface area contributed by atoms with Crippen molar-refractivity contribution in [2.75, 3.05) is 61.8 Å². The van der Waals surface area contributed by atoms with E-state index in [1.807, 2.05) is 29.2 Å². The van der Waals surface area contributed by atoms with E-state index in [0.29, 0.717) is 48.9 Å². The minimum atomic E-state index is -1.56. The lowest BCUT2D eigenvalue weighted by atomic mass is 9.54. The van der Waals surface area contributed by atoms with Crippen LogP contribution in [0.2, 0.25) is 0 Å². The van der Waals surface area contributed by atoms with Gasteiger partial charge in [-0.1, -0.05) is 0 Å². The first-order valence-electron chi connectivity index (χ1n) is 16.4. The second-order valence-electron chi connectivity index (χ2n) is 12.6. The van der Waals surface area contributed by atoms with Crippen molar-refractivity contribution in [1.29, 1.82) is 0 Å². The zero-order valence-corrected chi connectivity index (χ0v) is 28.9. The molecular weight excluding hydrogens is 604 g/mol. The van der Waals surface area contributed by atoms with E-state index < -0.39 is 28.8 Å². The van der Waals surface area contributed by atoms with E-state index in [1.165, 1.54) is 0 Å². The first kappa shape index (κ1) is 34.3. The molecule has 0 aromatic heterocycles. The molecule has 11 heteroatoms. The van der Waals surface area contributed by atoms with Gasteiger partial charge in [-0.2, -0.15) is 0 Å². The molecule has 3 atom stereocenters. The first-order valence-corrected chi connectivity index (χ1v) is 16.4. The third-order valence-corrected chi connectivity index (χ3v) is 10.5. The van der Waals surface area contributed by atoms with Crippen LogP contribution in [0.15, 0.2) is 24.3 Å². The predicted molar refractivity (Wildman–Crippen MR) is 174 cm³/mol.